The lowest BCUT2D eigenvalue weighted by Gasteiger charge is -2.24. The van der Waals surface area contributed by atoms with Gasteiger partial charge in [0.05, 0.1) is 23.7 Å². The Balaban J connectivity index is 2.59. The number of hydrogen-bond acceptors (Lipinski definition) is 3. The Morgan fingerprint density at radius 3 is 2.61 bits per heavy atom. The van der Waals surface area contributed by atoms with Crippen LogP contribution in [0.15, 0.2) is 0 Å². The van der Waals surface area contributed by atoms with Crippen LogP contribution >= 0.6 is 11.6 Å². The molecule has 0 aliphatic carbocycles. The van der Waals surface area contributed by atoms with Gasteiger partial charge in [0.25, 0.3) is 0 Å². The highest BCUT2D eigenvalue weighted by molar-refractivity contribution is 6.16. The molecule has 18 heavy (non-hydrogen) atoms. The van der Waals surface area contributed by atoms with E-state index >= 15 is 0 Å². The number of aromatic nitrogens is 4. The van der Waals surface area contributed by atoms with Crippen molar-refractivity contribution in [2.75, 3.05) is 7.11 Å². The molecule has 0 spiro atoms. The molecule has 0 N–H and O–H groups in total. The standard InChI is InChI=1S/C12H19ClN4O/c1-8-10-11(16(4)15-8)17(9(6-13)14-10)7-12(2,3)18-5/h6-7H2,1-5H3. The maximum atomic E-state index is 5.98. The lowest BCUT2D eigenvalue weighted by Crippen LogP contribution is -2.30. The van der Waals surface area contributed by atoms with Crippen LogP contribution in [-0.4, -0.2) is 32.0 Å². The van der Waals surface area contributed by atoms with Gasteiger partial charge in [0.15, 0.2) is 5.65 Å². The number of halogens is 1. The normalized spacial score (nSPS) is 12.6. The fraction of sp³-hybridized carbons (Fsp3) is 0.667. The number of fused-ring (bicyclic) bond motifs is 1. The largest absolute Gasteiger partial charge is 0.377 e. The number of rotatable bonds is 4. The van der Waals surface area contributed by atoms with Crippen LogP contribution in [0.3, 0.4) is 0 Å². The molecule has 6 heteroatoms. The molecule has 0 saturated heterocycles. The number of ether oxygens (including phenoxy) is 1. The van der Waals surface area contributed by atoms with Crippen molar-refractivity contribution in [2.24, 2.45) is 7.05 Å². The molecule has 0 aromatic carbocycles. The van der Waals surface area contributed by atoms with Crippen molar-refractivity contribution in [2.45, 2.75) is 38.8 Å². The van der Waals surface area contributed by atoms with E-state index in [1.165, 1.54) is 0 Å². The molecule has 0 atom stereocenters. The van der Waals surface area contributed by atoms with Crippen LogP contribution in [0, 0.1) is 6.92 Å². The summed E-state index contributed by atoms with van der Waals surface area (Å²) in [5, 5.41) is 4.39. The van der Waals surface area contributed by atoms with Crippen molar-refractivity contribution >= 4 is 22.8 Å². The minimum absolute atomic E-state index is 0.271. The minimum atomic E-state index is -0.271. The van der Waals surface area contributed by atoms with E-state index in [0.717, 1.165) is 22.7 Å². The average molecular weight is 271 g/mol. The third-order valence-electron chi connectivity index (χ3n) is 3.18. The van der Waals surface area contributed by atoms with Gasteiger partial charge in [-0.05, 0) is 20.8 Å². The fourth-order valence-corrected chi connectivity index (χ4v) is 2.30. The van der Waals surface area contributed by atoms with Gasteiger partial charge in [-0.25, -0.2) is 4.98 Å². The fourth-order valence-electron chi connectivity index (χ4n) is 2.09. The van der Waals surface area contributed by atoms with Crippen molar-refractivity contribution in [3.63, 3.8) is 0 Å². The molecular formula is C12H19ClN4O. The van der Waals surface area contributed by atoms with Crippen LogP contribution in [0.2, 0.25) is 0 Å². The molecule has 0 fully saturated rings. The third-order valence-corrected chi connectivity index (χ3v) is 3.42. The second kappa shape index (κ2) is 4.55. The van der Waals surface area contributed by atoms with Gasteiger partial charge >= 0.3 is 0 Å². The Labute approximate surface area is 112 Å². The summed E-state index contributed by atoms with van der Waals surface area (Å²) in [5.41, 5.74) is 2.56. The summed E-state index contributed by atoms with van der Waals surface area (Å²) < 4.78 is 9.42. The van der Waals surface area contributed by atoms with E-state index in [1.54, 1.807) is 7.11 Å². The minimum Gasteiger partial charge on any atom is -0.377 e. The first-order valence-corrected chi connectivity index (χ1v) is 6.43. The van der Waals surface area contributed by atoms with Gasteiger partial charge in [-0.15, -0.1) is 11.6 Å². The molecule has 0 saturated carbocycles. The van der Waals surface area contributed by atoms with Crippen molar-refractivity contribution in [3.05, 3.63) is 11.5 Å². The quantitative estimate of drug-likeness (QED) is 0.801. The summed E-state index contributed by atoms with van der Waals surface area (Å²) in [7, 11) is 3.63. The van der Waals surface area contributed by atoms with E-state index in [2.05, 4.69) is 14.6 Å². The molecule has 2 aromatic rings. The molecule has 0 amide bonds. The van der Waals surface area contributed by atoms with Crippen LogP contribution in [0.1, 0.15) is 25.4 Å². The Hall–Kier alpha value is -1.07. The van der Waals surface area contributed by atoms with Gasteiger partial charge in [-0.2, -0.15) is 5.10 Å². The first kappa shape index (κ1) is 13.4. The molecule has 0 unspecified atom stereocenters. The van der Waals surface area contributed by atoms with Crippen molar-refractivity contribution in [1.82, 2.24) is 19.3 Å². The summed E-state index contributed by atoms with van der Waals surface area (Å²) in [6.45, 7) is 6.74. The SMILES string of the molecule is COC(C)(C)Cn1c(CCl)nc2c(C)nn(C)c21. The topological polar surface area (TPSA) is 44.9 Å². The van der Waals surface area contributed by atoms with Gasteiger partial charge in [0.1, 0.15) is 11.3 Å². The smallest absolute Gasteiger partial charge is 0.158 e. The maximum Gasteiger partial charge on any atom is 0.158 e. The highest BCUT2D eigenvalue weighted by atomic mass is 35.5. The predicted molar refractivity (Wildman–Crippen MR) is 71.9 cm³/mol. The number of hydrogen-bond donors (Lipinski definition) is 0. The second-order valence-electron chi connectivity index (χ2n) is 5.09. The van der Waals surface area contributed by atoms with E-state index in [4.69, 9.17) is 16.3 Å². The predicted octanol–water partition coefficient (Wildman–Crippen LogP) is 2.24. The molecule has 2 heterocycles. The highest BCUT2D eigenvalue weighted by Gasteiger charge is 2.23. The first-order chi connectivity index (χ1) is 8.39. The Morgan fingerprint density at radius 2 is 2.06 bits per heavy atom. The van der Waals surface area contributed by atoms with E-state index in [1.807, 2.05) is 32.5 Å². The highest BCUT2D eigenvalue weighted by Crippen LogP contribution is 2.23. The van der Waals surface area contributed by atoms with Crippen molar-refractivity contribution in [1.29, 1.82) is 0 Å². The molecule has 100 valence electrons. The third kappa shape index (κ3) is 2.12. The Bertz CT molecular complexity index is 570. The number of imidazole rings is 1. The van der Waals surface area contributed by atoms with Crippen LogP contribution in [0.4, 0.5) is 0 Å². The molecule has 0 aliphatic rings. The zero-order valence-corrected chi connectivity index (χ0v) is 12.2. The Kier molecular flexibility index (Phi) is 3.38. The maximum absolute atomic E-state index is 5.98. The summed E-state index contributed by atoms with van der Waals surface area (Å²) in [6, 6.07) is 0. The zero-order valence-electron chi connectivity index (χ0n) is 11.5. The van der Waals surface area contributed by atoms with Gasteiger partial charge in [-0.1, -0.05) is 0 Å². The van der Waals surface area contributed by atoms with Gasteiger partial charge in [-0.3, -0.25) is 4.68 Å². The molecular weight excluding hydrogens is 252 g/mol. The number of methoxy groups -OCH3 is 1. The van der Waals surface area contributed by atoms with Crippen LogP contribution < -0.4 is 0 Å². The van der Waals surface area contributed by atoms with E-state index in [0.29, 0.717) is 12.4 Å². The van der Waals surface area contributed by atoms with Gasteiger partial charge < -0.3 is 9.30 Å². The molecule has 2 aromatic heterocycles. The molecule has 2 rings (SSSR count). The lowest BCUT2D eigenvalue weighted by molar-refractivity contribution is 0.00832. The second-order valence-corrected chi connectivity index (χ2v) is 5.36. The van der Waals surface area contributed by atoms with Crippen molar-refractivity contribution in [3.8, 4) is 0 Å². The van der Waals surface area contributed by atoms with Crippen LogP contribution in [-0.2, 0) is 24.2 Å². The van der Waals surface area contributed by atoms with E-state index < -0.39 is 0 Å². The monoisotopic (exact) mass is 270 g/mol. The summed E-state index contributed by atoms with van der Waals surface area (Å²) >= 11 is 5.98. The lowest BCUT2D eigenvalue weighted by atomic mass is 10.1. The summed E-state index contributed by atoms with van der Waals surface area (Å²) in [5.74, 6) is 1.24. The number of nitrogens with zero attached hydrogens (tertiary/aromatic N) is 4. The van der Waals surface area contributed by atoms with E-state index in [9.17, 15) is 0 Å². The van der Waals surface area contributed by atoms with Crippen molar-refractivity contribution < 1.29 is 4.74 Å². The van der Waals surface area contributed by atoms with E-state index in [-0.39, 0.29) is 5.60 Å². The molecule has 0 aliphatic heterocycles. The molecule has 5 nitrogen and oxygen atoms in total. The number of aryl methyl sites for hydroxylation is 2. The summed E-state index contributed by atoms with van der Waals surface area (Å²) in [6.07, 6.45) is 0. The Morgan fingerprint density at radius 1 is 1.39 bits per heavy atom. The first-order valence-electron chi connectivity index (χ1n) is 5.89. The zero-order chi connectivity index (χ0) is 13.5. The molecule has 0 radical (unpaired) electrons. The molecule has 0 bridgehead atoms. The van der Waals surface area contributed by atoms with Crippen LogP contribution in [0.5, 0.6) is 0 Å². The van der Waals surface area contributed by atoms with Crippen LogP contribution in [0.25, 0.3) is 11.2 Å². The average Bonchev–Trinajstić information content (AvgIpc) is 2.79. The summed E-state index contributed by atoms with van der Waals surface area (Å²) in [4.78, 5) is 4.56. The van der Waals surface area contributed by atoms with Gasteiger partial charge in [0, 0.05) is 14.2 Å². The van der Waals surface area contributed by atoms with Gasteiger partial charge in [0.2, 0.25) is 0 Å². The number of alkyl halides is 1.